The highest BCUT2D eigenvalue weighted by molar-refractivity contribution is 7.85. The lowest BCUT2D eigenvalue weighted by Gasteiger charge is -1.85. The minimum absolute atomic E-state index is 0.132. The van der Waals surface area contributed by atoms with E-state index in [2.05, 4.69) is 0 Å². The van der Waals surface area contributed by atoms with E-state index in [1.54, 1.807) is 6.92 Å². The van der Waals surface area contributed by atoms with Gasteiger partial charge in [-0.1, -0.05) is 6.92 Å². The van der Waals surface area contributed by atoms with E-state index in [9.17, 15) is 8.42 Å². The zero-order valence-corrected chi connectivity index (χ0v) is 12.6. The molecule has 0 saturated heterocycles. The summed E-state index contributed by atoms with van der Waals surface area (Å²) in [6.45, 7) is 1.69. The lowest BCUT2D eigenvalue weighted by atomic mass is 10.6. The fourth-order valence-corrected chi connectivity index (χ4v) is 0.774. The molecule has 0 atom stereocenters. The SMILES string of the molecule is CCCS(=O)(=O)O.O[SiH2][SiH2][SiH3]. The van der Waals surface area contributed by atoms with Crippen LogP contribution in [0.4, 0.5) is 0 Å². The van der Waals surface area contributed by atoms with E-state index >= 15 is 0 Å². The normalized spacial score (nSPS) is 12.6. The van der Waals surface area contributed by atoms with Gasteiger partial charge in [-0.15, -0.1) is 0 Å². The quantitative estimate of drug-likeness (QED) is 0.395. The third-order valence-electron chi connectivity index (χ3n) is 0.686. The van der Waals surface area contributed by atoms with Crippen LogP contribution in [0, 0.1) is 0 Å². The van der Waals surface area contributed by atoms with Crippen LogP contribution in [0.5, 0.6) is 0 Å². The van der Waals surface area contributed by atoms with Gasteiger partial charge in [0.05, 0.1) is 5.75 Å². The van der Waals surface area contributed by atoms with Crippen LogP contribution in [0.2, 0.25) is 0 Å². The summed E-state index contributed by atoms with van der Waals surface area (Å²) >= 11 is 0. The van der Waals surface area contributed by atoms with Crippen LogP contribution in [0.15, 0.2) is 0 Å². The predicted molar refractivity (Wildman–Crippen MR) is 56.0 cm³/mol. The predicted octanol–water partition coefficient (Wildman–Crippen LogP) is -3.29. The molecule has 0 aromatic carbocycles. The third kappa shape index (κ3) is 25.1. The molecular weight excluding hydrogens is 216 g/mol. The van der Waals surface area contributed by atoms with E-state index in [1.807, 2.05) is 0 Å². The molecule has 0 rings (SSSR count). The largest absolute Gasteiger partial charge is 0.442 e. The van der Waals surface area contributed by atoms with Gasteiger partial charge in [-0.3, -0.25) is 4.55 Å². The Kier molecular flexibility index (Phi) is 11.0. The Morgan fingerprint density at radius 2 is 1.91 bits per heavy atom. The molecule has 0 aliphatic carbocycles. The van der Waals surface area contributed by atoms with Crippen LogP contribution in [0.1, 0.15) is 13.3 Å². The summed E-state index contributed by atoms with van der Waals surface area (Å²) in [5.74, 6) is -0.132. The maximum absolute atomic E-state index is 9.79. The van der Waals surface area contributed by atoms with Crippen molar-refractivity contribution in [3.8, 4) is 0 Å². The first-order valence-corrected chi connectivity index (χ1v) is 15.4. The summed E-state index contributed by atoms with van der Waals surface area (Å²) < 4.78 is 27.6. The maximum Gasteiger partial charge on any atom is 0.264 e. The van der Waals surface area contributed by atoms with E-state index in [0.29, 0.717) is 6.42 Å². The summed E-state index contributed by atoms with van der Waals surface area (Å²) in [4.78, 5) is 8.11. The van der Waals surface area contributed by atoms with Crippen LogP contribution >= 0.6 is 0 Å². The molecule has 0 saturated carbocycles. The lowest BCUT2D eigenvalue weighted by molar-refractivity contribution is 0.482. The highest BCUT2D eigenvalue weighted by Gasteiger charge is 1.98. The van der Waals surface area contributed by atoms with Gasteiger partial charge < -0.3 is 4.80 Å². The average Bonchev–Trinajstić information content (AvgIpc) is 1.86. The molecule has 8 heteroatoms. The molecule has 0 heterocycles. The molecule has 0 aliphatic heterocycles. The van der Waals surface area contributed by atoms with Gasteiger partial charge in [0, 0.05) is 8.55 Å². The first-order valence-electron chi connectivity index (χ1n) is 3.54. The standard InChI is InChI=1S/C3H8O3S.H8OSi3/c1-2-3-7(4,5)6;1-3-4-2/h2-3H2,1H3,(H,4,5,6);1H,3-4H2,2H3. The van der Waals surface area contributed by atoms with Gasteiger partial charge in [0.1, 0.15) is 9.28 Å². The van der Waals surface area contributed by atoms with Crippen LogP contribution in [-0.2, 0) is 10.1 Å². The second-order valence-corrected chi connectivity index (χ2v) is 18.4. The van der Waals surface area contributed by atoms with E-state index in [4.69, 9.17) is 9.35 Å². The molecule has 4 nitrogen and oxygen atoms in total. The fraction of sp³-hybridized carbons (Fsp3) is 1.00. The molecule has 0 unspecified atom stereocenters. The summed E-state index contributed by atoms with van der Waals surface area (Å²) in [5, 5.41) is 0. The first kappa shape index (κ1) is 14.1. The van der Waals surface area contributed by atoms with Crippen LogP contribution in [0.25, 0.3) is 0 Å². The Balaban J connectivity index is 0. The Bertz CT molecular complexity index is 154. The smallest absolute Gasteiger partial charge is 0.264 e. The summed E-state index contributed by atoms with van der Waals surface area (Å²) in [6, 6.07) is 0. The van der Waals surface area contributed by atoms with Crippen molar-refractivity contribution in [3.05, 3.63) is 0 Å². The summed E-state index contributed by atoms with van der Waals surface area (Å²) in [7, 11) is -2.45. The topological polar surface area (TPSA) is 74.6 Å². The van der Waals surface area contributed by atoms with E-state index in [0.717, 1.165) is 0 Å². The van der Waals surface area contributed by atoms with Crippen molar-refractivity contribution in [2.75, 3.05) is 5.75 Å². The molecule has 11 heavy (non-hydrogen) atoms. The van der Waals surface area contributed by atoms with Crippen molar-refractivity contribution in [2.45, 2.75) is 13.3 Å². The second kappa shape index (κ2) is 8.62. The molecule has 2 N–H and O–H groups in total. The van der Waals surface area contributed by atoms with E-state index < -0.39 is 10.1 Å². The van der Waals surface area contributed by atoms with Crippen LogP contribution in [0.3, 0.4) is 0 Å². The minimum Gasteiger partial charge on any atom is -0.442 e. The zero-order chi connectivity index (χ0) is 9.33. The number of hydrogen-bond donors (Lipinski definition) is 2. The van der Waals surface area contributed by atoms with Crippen LogP contribution in [-0.4, -0.2) is 51.1 Å². The Labute approximate surface area is 74.9 Å². The van der Waals surface area contributed by atoms with Crippen molar-refractivity contribution >= 4 is 37.7 Å². The lowest BCUT2D eigenvalue weighted by Crippen LogP contribution is -2.01. The van der Waals surface area contributed by atoms with E-state index in [-0.39, 0.29) is 23.6 Å². The van der Waals surface area contributed by atoms with Gasteiger partial charge in [-0.25, -0.2) is 0 Å². The Hall–Kier alpha value is 0.521. The average molecular weight is 232 g/mol. The molecule has 0 bridgehead atoms. The van der Waals surface area contributed by atoms with Crippen molar-refractivity contribution in [1.82, 2.24) is 0 Å². The summed E-state index contributed by atoms with van der Waals surface area (Å²) in [5.41, 5.74) is 0. The van der Waals surface area contributed by atoms with Crippen molar-refractivity contribution < 1.29 is 17.8 Å². The highest BCUT2D eigenvalue weighted by atomic mass is 32.2. The van der Waals surface area contributed by atoms with Gasteiger partial charge in [0.15, 0.2) is 0 Å². The zero-order valence-electron chi connectivity index (χ0n) is 6.95. The van der Waals surface area contributed by atoms with Gasteiger partial charge >= 0.3 is 0 Å². The number of hydrogen-bond acceptors (Lipinski definition) is 3. The minimum atomic E-state index is -3.67. The fourth-order valence-electron chi connectivity index (χ4n) is 0.258. The van der Waals surface area contributed by atoms with E-state index in [1.165, 1.54) is 9.76 Å². The van der Waals surface area contributed by atoms with Crippen molar-refractivity contribution in [1.29, 1.82) is 0 Å². The van der Waals surface area contributed by atoms with Gasteiger partial charge in [0.25, 0.3) is 10.1 Å². The van der Waals surface area contributed by atoms with Crippen molar-refractivity contribution in [2.24, 2.45) is 0 Å². The maximum atomic E-state index is 9.79. The van der Waals surface area contributed by atoms with Gasteiger partial charge in [-0.2, -0.15) is 8.42 Å². The molecular formula is C3H16O4SSi3. The van der Waals surface area contributed by atoms with Gasteiger partial charge in [0.2, 0.25) is 0 Å². The molecule has 70 valence electrons. The number of rotatable bonds is 3. The second-order valence-electron chi connectivity index (χ2n) is 2.01. The third-order valence-corrected chi connectivity index (χ3v) is 7.42. The first-order chi connectivity index (χ1) is 4.97. The monoisotopic (exact) mass is 232 g/mol. The summed E-state index contributed by atoms with van der Waals surface area (Å²) in [6.07, 6.45) is 0.471. The Morgan fingerprint density at radius 1 is 1.55 bits per heavy atom. The molecule has 0 spiro atoms. The molecule has 0 radical (unpaired) electrons. The molecule has 0 fully saturated rings. The van der Waals surface area contributed by atoms with Crippen LogP contribution < -0.4 is 0 Å². The Morgan fingerprint density at radius 3 is 1.91 bits per heavy atom. The molecule has 0 aromatic heterocycles. The molecule has 0 aromatic rings. The molecule has 0 amide bonds. The highest BCUT2D eigenvalue weighted by Crippen LogP contribution is 1.83. The van der Waals surface area contributed by atoms with Crippen molar-refractivity contribution in [3.63, 3.8) is 0 Å². The van der Waals surface area contributed by atoms with Gasteiger partial charge in [-0.05, 0) is 16.2 Å². The molecule has 0 aliphatic rings.